The lowest BCUT2D eigenvalue weighted by Gasteiger charge is -2.07. The summed E-state index contributed by atoms with van der Waals surface area (Å²) in [5.74, 6) is 0.223. The minimum absolute atomic E-state index is 0.109. The Kier molecular flexibility index (Phi) is 4.52. The molecule has 0 radical (unpaired) electrons. The van der Waals surface area contributed by atoms with E-state index in [1.54, 1.807) is 24.3 Å². The predicted molar refractivity (Wildman–Crippen MR) is 72.0 cm³/mol. The molecule has 1 aromatic rings. The fraction of sp³-hybridized carbons (Fsp3) is 0.429. The molecule has 0 spiro atoms. The molecule has 1 amide bonds. The number of carbonyl (C=O) groups excluding carboxylic acids is 2. The molecule has 0 unspecified atom stereocenters. The van der Waals surface area contributed by atoms with Gasteiger partial charge in [-0.25, -0.2) is 4.79 Å². The lowest BCUT2D eigenvalue weighted by molar-refractivity contribution is -0.115. The molecular weight excluding hydrogens is 244 g/mol. The normalized spacial score (nSPS) is 13.9. The van der Waals surface area contributed by atoms with E-state index in [1.807, 2.05) is 0 Å². The highest BCUT2D eigenvalue weighted by Crippen LogP contribution is 2.27. The Morgan fingerprint density at radius 3 is 2.84 bits per heavy atom. The van der Waals surface area contributed by atoms with Crippen molar-refractivity contribution in [1.82, 2.24) is 5.32 Å². The van der Waals surface area contributed by atoms with Crippen molar-refractivity contribution in [2.75, 3.05) is 25.5 Å². The summed E-state index contributed by atoms with van der Waals surface area (Å²) in [6.45, 7) is 1.19. The molecule has 1 aromatic carbocycles. The maximum absolute atomic E-state index is 11.7. The molecule has 1 fully saturated rings. The summed E-state index contributed by atoms with van der Waals surface area (Å²) >= 11 is 0. The molecule has 1 aliphatic carbocycles. The Balaban J connectivity index is 1.83. The van der Waals surface area contributed by atoms with Crippen molar-refractivity contribution in [2.24, 2.45) is 5.92 Å². The summed E-state index contributed by atoms with van der Waals surface area (Å²) in [6, 6.07) is 6.70. The second-order valence-electron chi connectivity index (χ2n) is 4.69. The monoisotopic (exact) mass is 262 g/mol. The van der Waals surface area contributed by atoms with Crippen LogP contribution in [-0.2, 0) is 9.53 Å². The zero-order valence-corrected chi connectivity index (χ0v) is 10.9. The number of esters is 1. The Labute approximate surface area is 112 Å². The van der Waals surface area contributed by atoms with Crippen LogP contribution in [0.4, 0.5) is 5.69 Å². The molecular formula is C14H18N2O3. The number of hydrogen-bond acceptors (Lipinski definition) is 4. The summed E-state index contributed by atoms with van der Waals surface area (Å²) < 4.78 is 4.63. The first-order valence-electron chi connectivity index (χ1n) is 6.38. The number of rotatable bonds is 6. The van der Waals surface area contributed by atoms with Crippen LogP contribution in [-0.4, -0.2) is 32.1 Å². The van der Waals surface area contributed by atoms with Crippen molar-refractivity contribution in [1.29, 1.82) is 0 Å². The largest absolute Gasteiger partial charge is 0.465 e. The Hall–Kier alpha value is -1.88. The SMILES string of the molecule is COC(=O)c1cccc(NC(=O)CNCC2CC2)c1. The van der Waals surface area contributed by atoms with E-state index in [4.69, 9.17) is 0 Å². The molecule has 0 heterocycles. The van der Waals surface area contributed by atoms with Crippen LogP contribution in [0.1, 0.15) is 23.2 Å². The van der Waals surface area contributed by atoms with E-state index in [2.05, 4.69) is 15.4 Å². The first kappa shape index (κ1) is 13.5. The van der Waals surface area contributed by atoms with Crippen LogP contribution >= 0.6 is 0 Å². The highest BCUT2D eigenvalue weighted by atomic mass is 16.5. The number of ether oxygens (including phenoxy) is 1. The highest BCUT2D eigenvalue weighted by Gasteiger charge is 2.20. The molecule has 2 N–H and O–H groups in total. The zero-order valence-electron chi connectivity index (χ0n) is 10.9. The minimum Gasteiger partial charge on any atom is -0.465 e. The van der Waals surface area contributed by atoms with Crippen LogP contribution in [0.2, 0.25) is 0 Å². The lowest BCUT2D eigenvalue weighted by Crippen LogP contribution is -2.29. The van der Waals surface area contributed by atoms with Gasteiger partial charge in [0.1, 0.15) is 0 Å². The van der Waals surface area contributed by atoms with Gasteiger partial charge in [0.05, 0.1) is 19.2 Å². The molecule has 1 aliphatic rings. The molecule has 19 heavy (non-hydrogen) atoms. The van der Waals surface area contributed by atoms with Gasteiger partial charge in [-0.2, -0.15) is 0 Å². The third-order valence-electron chi connectivity index (χ3n) is 2.98. The van der Waals surface area contributed by atoms with Gasteiger partial charge in [0.2, 0.25) is 5.91 Å². The average molecular weight is 262 g/mol. The van der Waals surface area contributed by atoms with Gasteiger partial charge in [0.15, 0.2) is 0 Å². The second kappa shape index (κ2) is 6.33. The van der Waals surface area contributed by atoms with Crippen LogP contribution in [0.3, 0.4) is 0 Å². The van der Waals surface area contributed by atoms with Crippen molar-refractivity contribution >= 4 is 17.6 Å². The quantitative estimate of drug-likeness (QED) is 0.761. The standard InChI is InChI=1S/C14H18N2O3/c1-19-14(18)11-3-2-4-12(7-11)16-13(17)9-15-8-10-5-6-10/h2-4,7,10,15H,5-6,8-9H2,1H3,(H,16,17). The van der Waals surface area contributed by atoms with Crippen LogP contribution < -0.4 is 10.6 Å². The molecule has 0 bridgehead atoms. The first-order chi connectivity index (χ1) is 9.19. The smallest absolute Gasteiger partial charge is 0.337 e. The summed E-state index contributed by atoms with van der Waals surface area (Å²) in [5.41, 5.74) is 1.02. The maximum Gasteiger partial charge on any atom is 0.337 e. The zero-order chi connectivity index (χ0) is 13.7. The average Bonchev–Trinajstić information content (AvgIpc) is 3.22. The number of hydrogen-bond donors (Lipinski definition) is 2. The molecule has 1 saturated carbocycles. The topological polar surface area (TPSA) is 67.4 Å². The Morgan fingerprint density at radius 1 is 1.37 bits per heavy atom. The van der Waals surface area contributed by atoms with Crippen molar-refractivity contribution in [3.8, 4) is 0 Å². The van der Waals surface area contributed by atoms with E-state index in [-0.39, 0.29) is 5.91 Å². The summed E-state index contributed by atoms with van der Waals surface area (Å²) in [4.78, 5) is 23.0. The van der Waals surface area contributed by atoms with Crippen molar-refractivity contribution < 1.29 is 14.3 Å². The van der Waals surface area contributed by atoms with E-state index in [0.29, 0.717) is 17.8 Å². The summed E-state index contributed by atoms with van der Waals surface area (Å²) in [5, 5.41) is 5.86. The molecule has 0 aliphatic heterocycles. The van der Waals surface area contributed by atoms with Crippen LogP contribution in [0, 0.1) is 5.92 Å². The van der Waals surface area contributed by atoms with E-state index in [0.717, 1.165) is 12.5 Å². The Morgan fingerprint density at radius 2 is 2.16 bits per heavy atom. The van der Waals surface area contributed by atoms with E-state index in [9.17, 15) is 9.59 Å². The molecule has 2 rings (SSSR count). The van der Waals surface area contributed by atoms with Crippen molar-refractivity contribution in [3.63, 3.8) is 0 Å². The third-order valence-corrected chi connectivity index (χ3v) is 2.98. The molecule has 0 aromatic heterocycles. The van der Waals surface area contributed by atoms with E-state index in [1.165, 1.54) is 20.0 Å². The third kappa shape index (κ3) is 4.37. The second-order valence-corrected chi connectivity index (χ2v) is 4.69. The molecule has 5 nitrogen and oxygen atoms in total. The van der Waals surface area contributed by atoms with Gasteiger partial charge in [0, 0.05) is 5.69 Å². The van der Waals surface area contributed by atoms with Crippen molar-refractivity contribution in [3.05, 3.63) is 29.8 Å². The van der Waals surface area contributed by atoms with Gasteiger partial charge >= 0.3 is 5.97 Å². The van der Waals surface area contributed by atoms with Crippen molar-refractivity contribution in [2.45, 2.75) is 12.8 Å². The van der Waals surface area contributed by atoms with Crippen LogP contribution in [0.5, 0.6) is 0 Å². The lowest BCUT2D eigenvalue weighted by atomic mass is 10.2. The number of methoxy groups -OCH3 is 1. The first-order valence-corrected chi connectivity index (χ1v) is 6.38. The van der Waals surface area contributed by atoms with Gasteiger partial charge < -0.3 is 15.4 Å². The molecule has 5 heteroatoms. The predicted octanol–water partition coefficient (Wildman–Crippen LogP) is 1.41. The highest BCUT2D eigenvalue weighted by molar-refractivity contribution is 5.95. The van der Waals surface area contributed by atoms with Crippen LogP contribution in [0.15, 0.2) is 24.3 Å². The molecule has 102 valence electrons. The number of anilines is 1. The van der Waals surface area contributed by atoms with Gasteiger partial charge in [-0.05, 0) is 43.5 Å². The van der Waals surface area contributed by atoms with E-state index < -0.39 is 5.97 Å². The summed E-state index contributed by atoms with van der Waals surface area (Å²) in [7, 11) is 1.33. The fourth-order valence-corrected chi connectivity index (χ4v) is 1.76. The molecule has 0 saturated heterocycles. The maximum atomic E-state index is 11.7. The Bertz CT molecular complexity index is 470. The van der Waals surface area contributed by atoms with E-state index >= 15 is 0 Å². The number of carbonyl (C=O) groups is 2. The van der Waals surface area contributed by atoms with Gasteiger partial charge in [-0.15, -0.1) is 0 Å². The van der Waals surface area contributed by atoms with Gasteiger partial charge in [-0.3, -0.25) is 4.79 Å². The summed E-state index contributed by atoms with van der Waals surface area (Å²) in [6.07, 6.45) is 2.52. The molecule has 0 atom stereocenters. The number of benzene rings is 1. The van der Waals surface area contributed by atoms with Gasteiger partial charge in [0.25, 0.3) is 0 Å². The number of nitrogens with one attached hydrogen (secondary N) is 2. The number of amides is 1. The van der Waals surface area contributed by atoms with Crippen LogP contribution in [0.25, 0.3) is 0 Å². The minimum atomic E-state index is -0.414. The van der Waals surface area contributed by atoms with Gasteiger partial charge in [-0.1, -0.05) is 6.07 Å². The fourth-order valence-electron chi connectivity index (χ4n) is 1.76.